The average molecular weight is 225 g/mol. The molecular weight excluding hydrogens is 202 g/mol. The van der Waals surface area contributed by atoms with Gasteiger partial charge in [-0.25, -0.2) is 0 Å². The molecule has 4 heteroatoms. The lowest BCUT2D eigenvalue weighted by Gasteiger charge is -2.48. The Morgan fingerprint density at radius 1 is 1.44 bits per heavy atom. The van der Waals surface area contributed by atoms with E-state index in [4.69, 9.17) is 5.73 Å². The molecule has 0 spiro atoms. The second-order valence-corrected chi connectivity index (χ2v) is 5.72. The fourth-order valence-electron chi connectivity index (χ4n) is 2.71. The molecule has 1 aliphatic heterocycles. The fourth-order valence-corrected chi connectivity index (χ4v) is 2.71. The number of hydrogen-bond acceptors (Lipinski definition) is 3. The molecule has 3 N–H and O–H groups in total. The van der Waals surface area contributed by atoms with E-state index in [9.17, 15) is 4.79 Å². The van der Waals surface area contributed by atoms with Crippen LogP contribution in [0.1, 0.15) is 39.5 Å². The van der Waals surface area contributed by atoms with Crippen LogP contribution in [0.5, 0.6) is 0 Å². The second kappa shape index (κ2) is 4.34. The highest BCUT2D eigenvalue weighted by atomic mass is 16.2. The van der Waals surface area contributed by atoms with E-state index in [1.807, 2.05) is 13.8 Å². The lowest BCUT2D eigenvalue weighted by molar-refractivity contribution is -0.129. The predicted molar refractivity (Wildman–Crippen MR) is 64.0 cm³/mol. The van der Waals surface area contributed by atoms with Crippen molar-refractivity contribution in [2.24, 2.45) is 5.73 Å². The normalized spacial score (nSPS) is 27.4. The van der Waals surface area contributed by atoms with Gasteiger partial charge in [-0.3, -0.25) is 9.69 Å². The van der Waals surface area contributed by atoms with Crippen LogP contribution in [0.2, 0.25) is 0 Å². The van der Waals surface area contributed by atoms with E-state index < -0.39 is 0 Å². The molecule has 4 nitrogen and oxygen atoms in total. The Kier molecular flexibility index (Phi) is 3.22. The van der Waals surface area contributed by atoms with Crippen molar-refractivity contribution in [3.8, 4) is 0 Å². The quantitative estimate of drug-likeness (QED) is 0.734. The zero-order valence-electron chi connectivity index (χ0n) is 10.3. The molecule has 1 aliphatic carbocycles. The Hall–Kier alpha value is -0.610. The number of amides is 1. The van der Waals surface area contributed by atoms with Crippen LogP contribution >= 0.6 is 0 Å². The van der Waals surface area contributed by atoms with Crippen molar-refractivity contribution in [1.29, 1.82) is 0 Å². The van der Waals surface area contributed by atoms with Crippen molar-refractivity contribution in [2.45, 2.75) is 57.2 Å². The molecule has 2 fully saturated rings. The van der Waals surface area contributed by atoms with Gasteiger partial charge in [-0.1, -0.05) is 12.8 Å². The molecule has 16 heavy (non-hydrogen) atoms. The van der Waals surface area contributed by atoms with Crippen LogP contribution in [0.15, 0.2) is 0 Å². The molecule has 1 saturated heterocycles. The van der Waals surface area contributed by atoms with Gasteiger partial charge >= 0.3 is 0 Å². The molecule has 1 heterocycles. The summed E-state index contributed by atoms with van der Waals surface area (Å²) in [6.45, 7) is 5.66. The topological polar surface area (TPSA) is 58.4 Å². The van der Waals surface area contributed by atoms with Crippen molar-refractivity contribution in [3.63, 3.8) is 0 Å². The van der Waals surface area contributed by atoms with E-state index >= 15 is 0 Å². The van der Waals surface area contributed by atoms with Crippen LogP contribution in [0.4, 0.5) is 0 Å². The van der Waals surface area contributed by atoms with Crippen LogP contribution in [0.25, 0.3) is 0 Å². The minimum absolute atomic E-state index is 0.0303. The summed E-state index contributed by atoms with van der Waals surface area (Å²) in [5, 5.41) is 3.13. The first-order valence-corrected chi connectivity index (χ1v) is 6.31. The lowest BCUT2D eigenvalue weighted by Crippen LogP contribution is -2.69. The maximum atomic E-state index is 12.0. The zero-order chi connectivity index (χ0) is 11.8. The average Bonchev–Trinajstić information content (AvgIpc) is 2.65. The van der Waals surface area contributed by atoms with E-state index in [-0.39, 0.29) is 17.5 Å². The van der Waals surface area contributed by atoms with Gasteiger partial charge in [0.25, 0.3) is 0 Å². The fraction of sp³-hybridized carbons (Fsp3) is 0.917. The van der Waals surface area contributed by atoms with Crippen LogP contribution in [0.3, 0.4) is 0 Å². The molecule has 1 amide bonds. The van der Waals surface area contributed by atoms with Crippen LogP contribution in [-0.4, -0.2) is 41.5 Å². The Labute approximate surface area is 97.6 Å². The summed E-state index contributed by atoms with van der Waals surface area (Å²) in [5.74, 6) is 0.169. The molecule has 0 aromatic rings. The third kappa shape index (κ3) is 2.55. The van der Waals surface area contributed by atoms with Gasteiger partial charge in [-0.05, 0) is 26.7 Å². The SMILES string of the molecule is CC(C(=O)NC1CCCC1)N1CC(C)(N)C1. The van der Waals surface area contributed by atoms with Crippen LogP contribution in [-0.2, 0) is 4.79 Å². The van der Waals surface area contributed by atoms with Crippen molar-refractivity contribution in [3.05, 3.63) is 0 Å². The number of carbonyl (C=O) groups is 1. The number of nitrogens with zero attached hydrogens (tertiary/aromatic N) is 1. The van der Waals surface area contributed by atoms with Gasteiger partial charge in [0.05, 0.1) is 6.04 Å². The molecule has 0 radical (unpaired) electrons. The molecule has 0 aromatic heterocycles. The Morgan fingerprint density at radius 2 is 2.00 bits per heavy atom. The van der Waals surface area contributed by atoms with E-state index in [0.717, 1.165) is 25.9 Å². The van der Waals surface area contributed by atoms with Crippen molar-refractivity contribution in [2.75, 3.05) is 13.1 Å². The monoisotopic (exact) mass is 225 g/mol. The molecule has 2 aliphatic rings. The van der Waals surface area contributed by atoms with E-state index in [0.29, 0.717) is 6.04 Å². The van der Waals surface area contributed by atoms with Crippen molar-refractivity contribution in [1.82, 2.24) is 10.2 Å². The highest BCUT2D eigenvalue weighted by molar-refractivity contribution is 5.81. The summed E-state index contributed by atoms with van der Waals surface area (Å²) in [5.41, 5.74) is 5.84. The largest absolute Gasteiger partial charge is 0.352 e. The Balaban J connectivity index is 1.76. The van der Waals surface area contributed by atoms with E-state index in [2.05, 4.69) is 10.2 Å². The summed E-state index contributed by atoms with van der Waals surface area (Å²) >= 11 is 0. The molecule has 1 saturated carbocycles. The summed E-state index contributed by atoms with van der Waals surface area (Å²) in [7, 11) is 0. The molecule has 0 bridgehead atoms. The highest BCUT2D eigenvalue weighted by Crippen LogP contribution is 2.21. The maximum Gasteiger partial charge on any atom is 0.237 e. The van der Waals surface area contributed by atoms with Gasteiger partial charge < -0.3 is 11.1 Å². The first-order valence-electron chi connectivity index (χ1n) is 6.31. The number of hydrogen-bond donors (Lipinski definition) is 2. The Bertz CT molecular complexity index is 263. The predicted octanol–water partition coefficient (Wildman–Crippen LogP) is 0.467. The second-order valence-electron chi connectivity index (χ2n) is 5.72. The van der Waals surface area contributed by atoms with Gasteiger partial charge in [-0.15, -0.1) is 0 Å². The Morgan fingerprint density at radius 3 is 2.50 bits per heavy atom. The smallest absolute Gasteiger partial charge is 0.237 e. The van der Waals surface area contributed by atoms with Crippen LogP contribution in [0, 0.1) is 0 Å². The molecular formula is C12H23N3O. The van der Waals surface area contributed by atoms with E-state index in [1.165, 1.54) is 12.8 Å². The molecule has 2 rings (SSSR count). The summed E-state index contributed by atoms with van der Waals surface area (Å²) in [4.78, 5) is 14.1. The third-order valence-corrected chi connectivity index (χ3v) is 3.76. The lowest BCUT2D eigenvalue weighted by atomic mass is 9.92. The molecule has 1 atom stereocenters. The zero-order valence-corrected chi connectivity index (χ0v) is 10.3. The van der Waals surface area contributed by atoms with E-state index in [1.54, 1.807) is 0 Å². The van der Waals surface area contributed by atoms with Gasteiger partial charge in [0.15, 0.2) is 0 Å². The highest BCUT2D eigenvalue weighted by Gasteiger charge is 2.39. The van der Waals surface area contributed by atoms with Crippen LogP contribution < -0.4 is 11.1 Å². The first kappa shape index (κ1) is 11.9. The standard InChI is InChI=1S/C12H23N3O/c1-9(15-7-12(2,13)8-15)11(16)14-10-5-3-4-6-10/h9-10H,3-8,13H2,1-2H3,(H,14,16). The van der Waals surface area contributed by atoms with Crippen molar-refractivity contribution >= 4 is 5.91 Å². The van der Waals surface area contributed by atoms with Crippen molar-refractivity contribution < 1.29 is 4.79 Å². The summed E-state index contributed by atoms with van der Waals surface area (Å²) in [6, 6.07) is 0.387. The molecule has 92 valence electrons. The first-order chi connectivity index (χ1) is 7.48. The summed E-state index contributed by atoms with van der Waals surface area (Å²) < 4.78 is 0. The number of carbonyl (C=O) groups excluding carboxylic acids is 1. The number of rotatable bonds is 3. The minimum Gasteiger partial charge on any atom is -0.352 e. The number of likely N-dealkylation sites (tertiary alicyclic amines) is 1. The number of nitrogens with one attached hydrogen (secondary N) is 1. The molecule has 0 aromatic carbocycles. The summed E-state index contributed by atoms with van der Waals surface area (Å²) in [6.07, 6.45) is 4.80. The van der Waals surface area contributed by atoms with Gasteiger partial charge in [-0.2, -0.15) is 0 Å². The van der Waals surface area contributed by atoms with Gasteiger partial charge in [0.2, 0.25) is 5.91 Å². The maximum absolute atomic E-state index is 12.0. The third-order valence-electron chi connectivity index (χ3n) is 3.76. The van der Waals surface area contributed by atoms with Gasteiger partial charge in [0, 0.05) is 24.7 Å². The van der Waals surface area contributed by atoms with Gasteiger partial charge in [0.1, 0.15) is 0 Å². The molecule has 1 unspecified atom stereocenters. The number of nitrogens with two attached hydrogens (primary N) is 1. The minimum atomic E-state index is -0.0953.